The van der Waals surface area contributed by atoms with Gasteiger partial charge in [0.15, 0.2) is 0 Å². The van der Waals surface area contributed by atoms with Crippen molar-refractivity contribution in [2.45, 2.75) is 19.3 Å². The van der Waals surface area contributed by atoms with Gasteiger partial charge < -0.3 is 9.53 Å². The molecule has 0 atom stereocenters. The molecule has 0 spiro atoms. The summed E-state index contributed by atoms with van der Waals surface area (Å²) in [7, 11) is 0. The highest BCUT2D eigenvalue weighted by Crippen LogP contribution is 2.31. The first-order valence-corrected chi connectivity index (χ1v) is 5.48. The molecule has 1 aromatic carbocycles. The van der Waals surface area contributed by atoms with Crippen LogP contribution >= 0.6 is 15.9 Å². The Morgan fingerprint density at radius 3 is 3.14 bits per heavy atom. The molecular weight excluding hydrogens is 244 g/mol. The summed E-state index contributed by atoms with van der Waals surface area (Å²) in [4.78, 5) is 10.4. The van der Waals surface area contributed by atoms with Gasteiger partial charge in [-0.15, -0.1) is 0 Å². The molecular formula is C11H11BrO2. The number of aldehydes is 1. The molecule has 0 fully saturated rings. The number of hydrogen-bond donors (Lipinski definition) is 0. The fourth-order valence-electron chi connectivity index (χ4n) is 1.67. The topological polar surface area (TPSA) is 26.3 Å². The first kappa shape index (κ1) is 9.71. The van der Waals surface area contributed by atoms with E-state index in [9.17, 15) is 4.79 Å². The second-order valence-electron chi connectivity index (χ2n) is 3.37. The summed E-state index contributed by atoms with van der Waals surface area (Å²) in [6, 6.07) is 4.03. The standard InChI is InChI=1S/C11H11BrO2/c12-10-7-11-9(2-1-5-14-11)6-8(10)3-4-13/h4,6-7H,1-3,5H2. The Morgan fingerprint density at radius 1 is 1.50 bits per heavy atom. The predicted molar refractivity (Wildman–Crippen MR) is 57.7 cm³/mol. The summed E-state index contributed by atoms with van der Waals surface area (Å²) in [5, 5.41) is 0. The average Bonchev–Trinajstić information content (AvgIpc) is 2.19. The van der Waals surface area contributed by atoms with Crippen molar-refractivity contribution in [2.24, 2.45) is 0 Å². The maximum atomic E-state index is 10.4. The first-order chi connectivity index (χ1) is 6.81. The van der Waals surface area contributed by atoms with Crippen LogP contribution in [0.25, 0.3) is 0 Å². The van der Waals surface area contributed by atoms with Crippen LogP contribution in [0.15, 0.2) is 16.6 Å². The van der Waals surface area contributed by atoms with Gasteiger partial charge >= 0.3 is 0 Å². The van der Waals surface area contributed by atoms with Gasteiger partial charge in [0.2, 0.25) is 0 Å². The molecule has 2 nitrogen and oxygen atoms in total. The Hall–Kier alpha value is -0.830. The SMILES string of the molecule is O=CCc1cc2c(cc1Br)OCCC2. The summed E-state index contributed by atoms with van der Waals surface area (Å²) < 4.78 is 6.48. The quantitative estimate of drug-likeness (QED) is 0.759. The number of benzene rings is 1. The lowest BCUT2D eigenvalue weighted by molar-refractivity contribution is -0.107. The van der Waals surface area contributed by atoms with Crippen LogP contribution in [0, 0.1) is 0 Å². The zero-order valence-corrected chi connectivity index (χ0v) is 9.34. The fraction of sp³-hybridized carbons (Fsp3) is 0.364. The van der Waals surface area contributed by atoms with Crippen molar-refractivity contribution in [1.82, 2.24) is 0 Å². The number of carbonyl (C=O) groups is 1. The normalized spacial score (nSPS) is 14.4. The van der Waals surface area contributed by atoms with Gasteiger partial charge in [0, 0.05) is 10.9 Å². The van der Waals surface area contributed by atoms with Gasteiger partial charge in [0.1, 0.15) is 12.0 Å². The minimum Gasteiger partial charge on any atom is -0.493 e. The number of halogens is 1. The number of carbonyl (C=O) groups excluding carboxylic acids is 1. The molecule has 0 radical (unpaired) electrons. The van der Waals surface area contributed by atoms with E-state index in [1.165, 1.54) is 5.56 Å². The molecule has 0 aromatic heterocycles. The fourth-order valence-corrected chi connectivity index (χ4v) is 2.16. The highest BCUT2D eigenvalue weighted by Gasteiger charge is 2.12. The molecule has 0 N–H and O–H groups in total. The molecule has 0 aliphatic carbocycles. The second-order valence-corrected chi connectivity index (χ2v) is 4.23. The molecule has 1 aliphatic heterocycles. The number of fused-ring (bicyclic) bond motifs is 1. The molecule has 0 amide bonds. The molecule has 1 aliphatic rings. The molecule has 0 bridgehead atoms. The van der Waals surface area contributed by atoms with Crippen molar-refractivity contribution in [3.63, 3.8) is 0 Å². The van der Waals surface area contributed by atoms with Crippen LogP contribution in [0.2, 0.25) is 0 Å². The zero-order valence-electron chi connectivity index (χ0n) is 7.75. The van der Waals surface area contributed by atoms with Crippen LogP contribution in [0.3, 0.4) is 0 Å². The van der Waals surface area contributed by atoms with E-state index in [2.05, 4.69) is 22.0 Å². The van der Waals surface area contributed by atoms with Crippen LogP contribution in [-0.4, -0.2) is 12.9 Å². The van der Waals surface area contributed by atoms with E-state index in [1.54, 1.807) is 0 Å². The molecule has 3 heteroatoms. The Morgan fingerprint density at radius 2 is 2.36 bits per heavy atom. The third-order valence-corrected chi connectivity index (χ3v) is 3.12. The highest BCUT2D eigenvalue weighted by molar-refractivity contribution is 9.10. The first-order valence-electron chi connectivity index (χ1n) is 4.69. The summed E-state index contributed by atoms with van der Waals surface area (Å²) in [6.07, 6.45) is 3.51. The lowest BCUT2D eigenvalue weighted by Gasteiger charge is -2.18. The molecule has 1 aromatic rings. The van der Waals surface area contributed by atoms with Gasteiger partial charge in [-0.2, -0.15) is 0 Å². The van der Waals surface area contributed by atoms with Crippen molar-refractivity contribution >= 4 is 22.2 Å². The monoisotopic (exact) mass is 254 g/mol. The molecule has 14 heavy (non-hydrogen) atoms. The Balaban J connectivity index is 2.40. The van der Waals surface area contributed by atoms with E-state index >= 15 is 0 Å². The number of ether oxygens (including phenoxy) is 1. The van der Waals surface area contributed by atoms with Crippen LogP contribution in [0.4, 0.5) is 0 Å². The van der Waals surface area contributed by atoms with E-state index in [0.717, 1.165) is 41.5 Å². The predicted octanol–water partition coefficient (Wildman–Crippen LogP) is 2.52. The smallest absolute Gasteiger partial charge is 0.124 e. The number of hydrogen-bond acceptors (Lipinski definition) is 2. The van der Waals surface area contributed by atoms with Gasteiger partial charge in [-0.25, -0.2) is 0 Å². The summed E-state index contributed by atoms with van der Waals surface area (Å²) in [5.74, 6) is 0.956. The Bertz CT molecular complexity index is 361. The third kappa shape index (κ3) is 1.82. The number of aryl methyl sites for hydroxylation is 1. The van der Waals surface area contributed by atoms with Crippen molar-refractivity contribution in [2.75, 3.05) is 6.61 Å². The molecule has 0 saturated heterocycles. The maximum Gasteiger partial charge on any atom is 0.124 e. The van der Waals surface area contributed by atoms with Gasteiger partial charge in [0.05, 0.1) is 6.61 Å². The van der Waals surface area contributed by atoms with E-state index in [4.69, 9.17) is 4.74 Å². The molecule has 74 valence electrons. The maximum absolute atomic E-state index is 10.4. The highest BCUT2D eigenvalue weighted by atomic mass is 79.9. The van der Waals surface area contributed by atoms with Crippen molar-refractivity contribution in [3.05, 3.63) is 27.7 Å². The summed E-state index contributed by atoms with van der Waals surface area (Å²) in [6.45, 7) is 0.798. The molecule has 2 rings (SSSR count). The summed E-state index contributed by atoms with van der Waals surface area (Å²) >= 11 is 3.44. The molecule has 1 heterocycles. The second kappa shape index (κ2) is 4.13. The molecule has 0 saturated carbocycles. The van der Waals surface area contributed by atoms with Gasteiger partial charge in [-0.05, 0) is 30.0 Å². The van der Waals surface area contributed by atoms with Crippen LogP contribution in [-0.2, 0) is 17.6 Å². The zero-order chi connectivity index (χ0) is 9.97. The van der Waals surface area contributed by atoms with Crippen LogP contribution in [0.1, 0.15) is 17.5 Å². The lowest BCUT2D eigenvalue weighted by Crippen LogP contribution is -2.09. The number of rotatable bonds is 2. The van der Waals surface area contributed by atoms with Gasteiger partial charge in [-0.1, -0.05) is 22.0 Å². The van der Waals surface area contributed by atoms with Gasteiger partial charge in [-0.3, -0.25) is 0 Å². The van der Waals surface area contributed by atoms with E-state index in [1.807, 2.05) is 6.07 Å². The van der Waals surface area contributed by atoms with E-state index in [0.29, 0.717) is 6.42 Å². The molecule has 0 unspecified atom stereocenters. The minimum atomic E-state index is 0.466. The largest absolute Gasteiger partial charge is 0.493 e. The summed E-state index contributed by atoms with van der Waals surface area (Å²) in [5.41, 5.74) is 2.26. The average molecular weight is 255 g/mol. The van der Waals surface area contributed by atoms with E-state index < -0.39 is 0 Å². The minimum absolute atomic E-state index is 0.466. The van der Waals surface area contributed by atoms with Crippen LogP contribution in [0.5, 0.6) is 5.75 Å². The van der Waals surface area contributed by atoms with E-state index in [-0.39, 0.29) is 0 Å². The van der Waals surface area contributed by atoms with Gasteiger partial charge in [0.25, 0.3) is 0 Å². The van der Waals surface area contributed by atoms with Crippen molar-refractivity contribution in [3.8, 4) is 5.75 Å². The Kier molecular flexibility index (Phi) is 2.87. The van der Waals surface area contributed by atoms with Crippen molar-refractivity contribution in [1.29, 1.82) is 0 Å². The third-order valence-electron chi connectivity index (χ3n) is 2.38. The van der Waals surface area contributed by atoms with Crippen molar-refractivity contribution < 1.29 is 9.53 Å². The Labute approximate surface area is 91.4 Å². The van der Waals surface area contributed by atoms with Crippen LogP contribution < -0.4 is 4.74 Å². The lowest BCUT2D eigenvalue weighted by atomic mass is 10.0.